The van der Waals surface area contributed by atoms with Gasteiger partial charge in [0.15, 0.2) is 0 Å². The lowest BCUT2D eigenvalue weighted by Gasteiger charge is -2.15. The summed E-state index contributed by atoms with van der Waals surface area (Å²) < 4.78 is 28.1. The van der Waals surface area contributed by atoms with Crippen LogP contribution < -0.4 is 15.4 Å². The van der Waals surface area contributed by atoms with Gasteiger partial charge in [0, 0.05) is 24.3 Å². The first kappa shape index (κ1) is 15.7. The summed E-state index contributed by atoms with van der Waals surface area (Å²) in [7, 11) is 0.0608. The van der Waals surface area contributed by atoms with Gasteiger partial charge in [-0.1, -0.05) is 22.0 Å². The molecule has 0 saturated carbocycles. The van der Waals surface area contributed by atoms with Crippen LogP contribution in [0.1, 0.15) is 0 Å². The van der Waals surface area contributed by atoms with Crippen LogP contribution in [0, 0.1) is 0 Å². The molecule has 0 bridgehead atoms. The number of rotatable bonds is 4. The quantitative estimate of drug-likeness (QED) is 0.812. The fourth-order valence-electron chi connectivity index (χ4n) is 1.82. The van der Waals surface area contributed by atoms with Crippen molar-refractivity contribution in [2.75, 3.05) is 29.5 Å². The second-order valence-corrected chi connectivity index (χ2v) is 7.30. The number of halogens is 1. The first-order valence-electron chi connectivity index (χ1n) is 6.15. The van der Waals surface area contributed by atoms with E-state index in [2.05, 4.69) is 20.7 Å². The van der Waals surface area contributed by atoms with Gasteiger partial charge in [-0.3, -0.25) is 4.72 Å². The first-order valence-corrected chi connectivity index (χ1v) is 8.42. The number of nitrogen functional groups attached to an aromatic ring is 1. The van der Waals surface area contributed by atoms with Crippen LogP contribution in [-0.2, 0) is 10.0 Å². The molecule has 2 aromatic carbocycles. The Morgan fingerprint density at radius 1 is 1.14 bits per heavy atom. The van der Waals surface area contributed by atoms with E-state index in [9.17, 15) is 8.42 Å². The molecule has 0 amide bonds. The van der Waals surface area contributed by atoms with Gasteiger partial charge in [-0.2, -0.15) is 0 Å². The highest BCUT2D eigenvalue weighted by atomic mass is 79.9. The third kappa shape index (κ3) is 3.68. The van der Waals surface area contributed by atoms with Crippen LogP contribution in [0.25, 0.3) is 0 Å². The van der Waals surface area contributed by atoms with Gasteiger partial charge in [0.2, 0.25) is 0 Å². The monoisotopic (exact) mass is 369 g/mol. The maximum absolute atomic E-state index is 12.4. The van der Waals surface area contributed by atoms with E-state index in [0.717, 1.165) is 10.2 Å². The molecule has 112 valence electrons. The van der Waals surface area contributed by atoms with Crippen LogP contribution in [0.4, 0.5) is 17.1 Å². The zero-order valence-corrected chi connectivity index (χ0v) is 14.1. The van der Waals surface area contributed by atoms with E-state index in [1.807, 2.05) is 25.1 Å². The van der Waals surface area contributed by atoms with E-state index in [4.69, 9.17) is 5.73 Å². The number of nitrogens with zero attached hydrogens (tertiary/aromatic N) is 1. The fraction of sp³-hybridized carbons (Fsp3) is 0.143. The third-order valence-corrected chi connectivity index (χ3v) is 4.82. The highest BCUT2D eigenvalue weighted by Gasteiger charge is 2.17. The second-order valence-electron chi connectivity index (χ2n) is 4.73. The van der Waals surface area contributed by atoms with Crippen molar-refractivity contribution in [1.29, 1.82) is 0 Å². The Kier molecular flexibility index (Phi) is 4.43. The van der Waals surface area contributed by atoms with Gasteiger partial charge in [-0.05, 0) is 36.4 Å². The maximum atomic E-state index is 12.4. The first-order chi connectivity index (χ1) is 9.79. The van der Waals surface area contributed by atoms with Crippen molar-refractivity contribution in [3.63, 3.8) is 0 Å². The molecular weight excluding hydrogens is 354 g/mol. The highest BCUT2D eigenvalue weighted by Crippen LogP contribution is 2.26. The summed E-state index contributed by atoms with van der Waals surface area (Å²) >= 11 is 3.25. The lowest BCUT2D eigenvalue weighted by molar-refractivity contribution is 0.601. The summed E-state index contributed by atoms with van der Waals surface area (Å²) in [6, 6.07) is 11.8. The van der Waals surface area contributed by atoms with Crippen LogP contribution in [0.5, 0.6) is 0 Å². The molecule has 0 aliphatic heterocycles. The smallest absolute Gasteiger partial charge is 0.263 e. The highest BCUT2D eigenvalue weighted by molar-refractivity contribution is 9.10. The molecule has 3 N–H and O–H groups in total. The molecule has 0 heterocycles. The molecular formula is C14H16BrN3O2S. The van der Waals surface area contributed by atoms with Gasteiger partial charge in [0.05, 0.1) is 11.4 Å². The second kappa shape index (κ2) is 5.95. The Hall–Kier alpha value is -1.73. The number of benzene rings is 2. The lowest BCUT2D eigenvalue weighted by Crippen LogP contribution is -2.15. The van der Waals surface area contributed by atoms with Crippen molar-refractivity contribution in [3.8, 4) is 0 Å². The molecule has 0 aliphatic rings. The lowest BCUT2D eigenvalue weighted by atomic mass is 10.3. The molecule has 2 aromatic rings. The van der Waals surface area contributed by atoms with Gasteiger partial charge >= 0.3 is 0 Å². The van der Waals surface area contributed by atoms with Gasteiger partial charge in [0.1, 0.15) is 4.90 Å². The number of nitrogens with one attached hydrogen (secondary N) is 1. The van der Waals surface area contributed by atoms with Gasteiger partial charge in [-0.25, -0.2) is 8.42 Å². The van der Waals surface area contributed by atoms with E-state index in [1.54, 1.807) is 30.3 Å². The Labute approximate surface area is 132 Å². The van der Waals surface area contributed by atoms with E-state index in [-0.39, 0.29) is 10.6 Å². The van der Waals surface area contributed by atoms with E-state index in [1.165, 1.54) is 6.07 Å². The van der Waals surface area contributed by atoms with Crippen LogP contribution in [0.15, 0.2) is 51.8 Å². The average molecular weight is 370 g/mol. The van der Waals surface area contributed by atoms with Crippen molar-refractivity contribution >= 4 is 43.0 Å². The Bertz CT molecular complexity index is 761. The molecule has 0 unspecified atom stereocenters. The Balaban J connectivity index is 2.35. The molecule has 21 heavy (non-hydrogen) atoms. The van der Waals surface area contributed by atoms with Crippen LogP contribution >= 0.6 is 15.9 Å². The van der Waals surface area contributed by atoms with Crippen molar-refractivity contribution in [3.05, 3.63) is 46.9 Å². The van der Waals surface area contributed by atoms with E-state index in [0.29, 0.717) is 5.69 Å². The molecule has 0 atom stereocenters. The summed E-state index contributed by atoms with van der Waals surface area (Å²) in [5.74, 6) is 0. The third-order valence-electron chi connectivity index (χ3n) is 2.88. The van der Waals surface area contributed by atoms with Crippen molar-refractivity contribution in [2.45, 2.75) is 4.90 Å². The molecule has 0 aliphatic carbocycles. The predicted molar refractivity (Wildman–Crippen MR) is 90.1 cm³/mol. The van der Waals surface area contributed by atoms with Gasteiger partial charge < -0.3 is 10.6 Å². The zero-order chi connectivity index (χ0) is 15.6. The number of sulfonamides is 1. The summed E-state index contributed by atoms with van der Waals surface area (Å²) in [5, 5.41) is 0. The van der Waals surface area contributed by atoms with Crippen LogP contribution in [0.2, 0.25) is 0 Å². The molecule has 0 saturated heterocycles. The van der Waals surface area contributed by atoms with Crippen molar-refractivity contribution in [2.24, 2.45) is 0 Å². The summed E-state index contributed by atoms with van der Waals surface area (Å²) in [6.07, 6.45) is 0. The average Bonchev–Trinajstić information content (AvgIpc) is 2.37. The van der Waals surface area contributed by atoms with Crippen LogP contribution in [-0.4, -0.2) is 22.5 Å². The molecule has 7 heteroatoms. The minimum Gasteiger partial charge on any atom is -0.398 e. The molecule has 0 radical (unpaired) electrons. The van der Waals surface area contributed by atoms with E-state index < -0.39 is 10.0 Å². The van der Waals surface area contributed by atoms with Crippen LogP contribution in [0.3, 0.4) is 0 Å². The number of hydrogen-bond acceptors (Lipinski definition) is 4. The number of hydrogen-bond donors (Lipinski definition) is 2. The zero-order valence-electron chi connectivity index (χ0n) is 11.7. The van der Waals surface area contributed by atoms with Gasteiger partial charge in [-0.15, -0.1) is 0 Å². The molecule has 5 nitrogen and oxygen atoms in total. The minimum atomic E-state index is -3.72. The largest absolute Gasteiger partial charge is 0.398 e. The van der Waals surface area contributed by atoms with Crippen molar-refractivity contribution < 1.29 is 8.42 Å². The molecule has 2 rings (SSSR count). The SMILES string of the molecule is CN(C)c1cccc(NS(=O)(=O)c2ccc(Br)cc2N)c1. The number of nitrogens with two attached hydrogens (primary N) is 1. The normalized spacial score (nSPS) is 11.2. The summed E-state index contributed by atoms with van der Waals surface area (Å²) in [4.78, 5) is 1.95. The predicted octanol–water partition coefficient (Wildman–Crippen LogP) is 2.90. The minimum absolute atomic E-state index is 0.0564. The summed E-state index contributed by atoms with van der Waals surface area (Å²) in [6.45, 7) is 0. The topological polar surface area (TPSA) is 75.4 Å². The molecule has 0 fully saturated rings. The summed E-state index contributed by atoms with van der Waals surface area (Å²) in [5.41, 5.74) is 7.37. The molecule has 0 aromatic heterocycles. The molecule has 0 spiro atoms. The Morgan fingerprint density at radius 3 is 2.48 bits per heavy atom. The Morgan fingerprint density at radius 2 is 1.86 bits per heavy atom. The fourth-order valence-corrected chi connectivity index (χ4v) is 3.36. The van der Waals surface area contributed by atoms with Crippen molar-refractivity contribution in [1.82, 2.24) is 0 Å². The van der Waals surface area contributed by atoms with E-state index >= 15 is 0 Å². The number of anilines is 3. The standard InChI is InChI=1S/C14H16BrN3O2S/c1-18(2)12-5-3-4-11(9-12)17-21(19,20)14-7-6-10(15)8-13(14)16/h3-9,17H,16H2,1-2H3. The van der Waals surface area contributed by atoms with Gasteiger partial charge in [0.25, 0.3) is 10.0 Å². The maximum Gasteiger partial charge on any atom is 0.263 e.